The summed E-state index contributed by atoms with van der Waals surface area (Å²) in [5, 5.41) is 11.0. The second-order valence-electron chi connectivity index (χ2n) is 7.82. The van der Waals surface area contributed by atoms with Gasteiger partial charge in [0.1, 0.15) is 0 Å². The molecular formula is C27H25N3O4. The average Bonchev–Trinajstić information content (AvgIpc) is 3.36. The molecule has 172 valence electrons. The monoisotopic (exact) mass is 455 g/mol. The first-order valence-electron chi connectivity index (χ1n) is 11.1. The number of benzene rings is 3. The van der Waals surface area contributed by atoms with E-state index in [0.717, 1.165) is 24.0 Å². The summed E-state index contributed by atoms with van der Waals surface area (Å²) in [4.78, 5) is 24.2. The topological polar surface area (TPSA) is 94.3 Å². The number of nitrogens with zero attached hydrogens (tertiary/aromatic N) is 2. The number of carbonyl (C=O) groups is 2. The highest BCUT2D eigenvalue weighted by molar-refractivity contribution is 5.91. The molecule has 1 aromatic heterocycles. The van der Waals surface area contributed by atoms with Crippen LogP contribution < -0.4 is 5.32 Å². The first kappa shape index (κ1) is 22.9. The molecule has 0 bridgehead atoms. The maximum Gasteiger partial charge on any atom is 0.338 e. The van der Waals surface area contributed by atoms with Gasteiger partial charge in [0.15, 0.2) is 6.61 Å². The van der Waals surface area contributed by atoms with Crippen molar-refractivity contribution < 1.29 is 18.7 Å². The maximum absolute atomic E-state index is 12.3. The van der Waals surface area contributed by atoms with Crippen LogP contribution >= 0.6 is 0 Å². The second-order valence-corrected chi connectivity index (χ2v) is 7.82. The van der Waals surface area contributed by atoms with Crippen LogP contribution in [-0.4, -0.2) is 35.2 Å². The van der Waals surface area contributed by atoms with E-state index in [1.54, 1.807) is 24.3 Å². The Balaban J connectivity index is 1.25. The van der Waals surface area contributed by atoms with Gasteiger partial charge in [-0.25, -0.2) is 4.79 Å². The molecule has 0 fully saturated rings. The van der Waals surface area contributed by atoms with Gasteiger partial charge in [-0.2, -0.15) is 0 Å². The standard InChI is InChI=1S/C27H25N3O4/c1-19-8-5-6-12-23(19)26-30-29-25(34-26)21-13-15-22(16-14-21)27(32)33-18-24(31)28-17-7-11-20-9-3-2-4-10-20/h2-6,8-10,12-16H,7,11,17-18H2,1H3,(H,28,31). The minimum absolute atomic E-state index is 0.324. The molecule has 0 aliphatic rings. The zero-order valence-corrected chi connectivity index (χ0v) is 18.9. The SMILES string of the molecule is Cc1ccccc1-c1nnc(-c2ccc(C(=O)OCC(=O)NCCCc3ccccc3)cc2)o1. The van der Waals surface area contributed by atoms with Gasteiger partial charge in [0.2, 0.25) is 11.8 Å². The van der Waals surface area contributed by atoms with Crippen molar-refractivity contribution in [2.45, 2.75) is 19.8 Å². The molecule has 7 heteroatoms. The minimum atomic E-state index is -0.572. The predicted octanol–water partition coefficient (Wildman–Crippen LogP) is 4.62. The van der Waals surface area contributed by atoms with E-state index in [1.165, 1.54) is 5.56 Å². The molecule has 4 rings (SSSR count). The lowest BCUT2D eigenvalue weighted by molar-refractivity contribution is -0.124. The normalized spacial score (nSPS) is 10.6. The Kier molecular flexibility index (Phi) is 7.45. The zero-order chi connectivity index (χ0) is 23.8. The fourth-order valence-electron chi connectivity index (χ4n) is 3.44. The van der Waals surface area contributed by atoms with Crippen LogP contribution in [0.4, 0.5) is 0 Å². The molecule has 4 aromatic rings. The number of ether oxygens (including phenoxy) is 1. The number of nitrogens with one attached hydrogen (secondary N) is 1. The van der Waals surface area contributed by atoms with E-state index in [9.17, 15) is 9.59 Å². The fourth-order valence-corrected chi connectivity index (χ4v) is 3.44. The predicted molar refractivity (Wildman–Crippen MR) is 128 cm³/mol. The van der Waals surface area contributed by atoms with Gasteiger partial charge < -0.3 is 14.5 Å². The number of carbonyl (C=O) groups excluding carboxylic acids is 2. The fraction of sp³-hybridized carbons (Fsp3) is 0.185. The lowest BCUT2D eigenvalue weighted by atomic mass is 10.1. The summed E-state index contributed by atoms with van der Waals surface area (Å²) >= 11 is 0. The number of esters is 1. The van der Waals surface area contributed by atoms with Crippen molar-refractivity contribution in [2.24, 2.45) is 0 Å². The van der Waals surface area contributed by atoms with Gasteiger partial charge >= 0.3 is 5.97 Å². The van der Waals surface area contributed by atoms with Crippen LogP contribution in [0.3, 0.4) is 0 Å². The molecule has 0 atom stereocenters. The highest BCUT2D eigenvalue weighted by atomic mass is 16.5. The molecule has 1 N–H and O–H groups in total. The number of hydrogen-bond acceptors (Lipinski definition) is 6. The summed E-state index contributed by atoms with van der Waals surface area (Å²) in [5.74, 6) is -0.107. The van der Waals surface area contributed by atoms with Gasteiger partial charge in [0.25, 0.3) is 5.91 Å². The van der Waals surface area contributed by atoms with Crippen LogP contribution in [0.5, 0.6) is 0 Å². The molecule has 34 heavy (non-hydrogen) atoms. The molecule has 0 aliphatic heterocycles. The zero-order valence-electron chi connectivity index (χ0n) is 18.9. The van der Waals surface area contributed by atoms with E-state index in [-0.39, 0.29) is 12.5 Å². The van der Waals surface area contributed by atoms with Gasteiger partial charge in [-0.3, -0.25) is 4.79 Å². The van der Waals surface area contributed by atoms with Crippen LogP contribution in [0.2, 0.25) is 0 Å². The van der Waals surface area contributed by atoms with E-state index >= 15 is 0 Å². The number of rotatable bonds is 9. The Bertz CT molecular complexity index is 1250. The van der Waals surface area contributed by atoms with Crippen LogP contribution in [0.25, 0.3) is 22.9 Å². The van der Waals surface area contributed by atoms with E-state index in [1.807, 2.05) is 49.4 Å². The number of amides is 1. The Labute approximate surface area is 197 Å². The third-order valence-corrected chi connectivity index (χ3v) is 5.31. The summed E-state index contributed by atoms with van der Waals surface area (Å²) in [6.45, 7) is 2.18. The third-order valence-electron chi connectivity index (χ3n) is 5.31. The van der Waals surface area contributed by atoms with Crippen molar-refractivity contribution in [3.63, 3.8) is 0 Å². The van der Waals surface area contributed by atoms with Gasteiger partial charge in [-0.1, -0.05) is 48.5 Å². The van der Waals surface area contributed by atoms with Gasteiger partial charge in [-0.15, -0.1) is 10.2 Å². The largest absolute Gasteiger partial charge is 0.452 e. The van der Waals surface area contributed by atoms with Crippen LogP contribution in [-0.2, 0) is 16.0 Å². The molecule has 1 heterocycles. The molecule has 0 spiro atoms. The molecule has 0 unspecified atom stereocenters. The Morgan fingerprint density at radius 1 is 0.882 bits per heavy atom. The Morgan fingerprint density at radius 3 is 2.35 bits per heavy atom. The summed E-state index contributed by atoms with van der Waals surface area (Å²) < 4.78 is 10.9. The Morgan fingerprint density at radius 2 is 1.59 bits per heavy atom. The van der Waals surface area contributed by atoms with Crippen LogP contribution in [0.15, 0.2) is 83.3 Å². The Hall–Kier alpha value is -4.26. The van der Waals surface area contributed by atoms with Gasteiger partial charge in [-0.05, 0) is 61.2 Å². The summed E-state index contributed by atoms with van der Waals surface area (Å²) in [6.07, 6.45) is 1.69. The quantitative estimate of drug-likeness (QED) is 0.292. The molecule has 3 aromatic carbocycles. The van der Waals surface area contributed by atoms with Crippen molar-refractivity contribution in [3.05, 3.63) is 95.6 Å². The molecule has 0 radical (unpaired) electrons. The lowest BCUT2D eigenvalue weighted by Gasteiger charge is -2.07. The summed E-state index contributed by atoms with van der Waals surface area (Å²) in [5.41, 5.74) is 4.15. The van der Waals surface area contributed by atoms with Gasteiger partial charge in [0.05, 0.1) is 5.56 Å². The number of aromatic nitrogens is 2. The summed E-state index contributed by atoms with van der Waals surface area (Å²) in [7, 11) is 0. The van der Waals surface area contributed by atoms with Crippen molar-refractivity contribution >= 4 is 11.9 Å². The minimum Gasteiger partial charge on any atom is -0.452 e. The average molecular weight is 456 g/mol. The first-order valence-corrected chi connectivity index (χ1v) is 11.1. The van der Waals surface area contributed by atoms with E-state index in [0.29, 0.717) is 29.5 Å². The maximum atomic E-state index is 12.3. The van der Waals surface area contributed by atoms with Crippen molar-refractivity contribution in [1.29, 1.82) is 0 Å². The molecule has 1 amide bonds. The highest BCUT2D eigenvalue weighted by Gasteiger charge is 2.14. The van der Waals surface area contributed by atoms with Gasteiger partial charge in [0, 0.05) is 17.7 Å². The van der Waals surface area contributed by atoms with Crippen LogP contribution in [0.1, 0.15) is 27.9 Å². The lowest BCUT2D eigenvalue weighted by Crippen LogP contribution is -2.29. The third kappa shape index (κ3) is 5.95. The summed E-state index contributed by atoms with van der Waals surface area (Å²) in [6, 6.07) is 24.4. The molecule has 0 aliphatic carbocycles. The van der Waals surface area contributed by atoms with E-state index in [2.05, 4.69) is 27.6 Å². The van der Waals surface area contributed by atoms with E-state index in [4.69, 9.17) is 9.15 Å². The van der Waals surface area contributed by atoms with E-state index < -0.39 is 5.97 Å². The van der Waals surface area contributed by atoms with Crippen molar-refractivity contribution in [3.8, 4) is 22.9 Å². The molecule has 0 saturated carbocycles. The smallest absolute Gasteiger partial charge is 0.338 e. The first-order chi connectivity index (χ1) is 16.6. The molecule has 7 nitrogen and oxygen atoms in total. The highest BCUT2D eigenvalue weighted by Crippen LogP contribution is 2.26. The molecule has 0 saturated heterocycles. The molecular weight excluding hydrogens is 430 g/mol. The van der Waals surface area contributed by atoms with Crippen LogP contribution in [0, 0.1) is 6.92 Å². The van der Waals surface area contributed by atoms with Crippen molar-refractivity contribution in [2.75, 3.05) is 13.2 Å². The van der Waals surface area contributed by atoms with Crippen molar-refractivity contribution in [1.82, 2.24) is 15.5 Å². The number of aryl methyl sites for hydroxylation is 2. The second kappa shape index (κ2) is 11.0. The number of hydrogen-bond donors (Lipinski definition) is 1.